The number of nitrogens with zero attached hydrogens (tertiary/aromatic N) is 2. The third-order valence-electron chi connectivity index (χ3n) is 6.39. The normalized spacial score (nSPS) is 13.1. The number of nitro benzene ring substituents is 1. The van der Waals surface area contributed by atoms with Gasteiger partial charge in [0.05, 0.1) is 4.92 Å². The predicted molar refractivity (Wildman–Crippen MR) is 153 cm³/mol. The number of carbonyl (C=O) groups excluding carboxylic acids is 2. The highest BCUT2D eigenvalue weighted by molar-refractivity contribution is 7.80. The van der Waals surface area contributed by atoms with Gasteiger partial charge in [-0.3, -0.25) is 25.0 Å². The van der Waals surface area contributed by atoms with Crippen molar-refractivity contribution in [3.05, 3.63) is 94.2 Å². The number of benzene rings is 3. The standard InChI is InChI=1S/C28H25N5O5S/c34-26(19-11-12-22(23(15-19)33(36)37)32-13-4-1-5-14-32)31-28(39)30-21-9-6-8-20(17-21)29-27(35)25-16-18-7-2-3-10-24(18)38-25/h2-3,6-12,15-17H,1,4-5,13-14H2,(H,29,35)(H2,30,31,34,39). The molecule has 2 heterocycles. The number of nitrogens with one attached hydrogen (secondary N) is 3. The number of thiocarbonyl (C=S) groups is 1. The van der Waals surface area contributed by atoms with E-state index >= 15 is 0 Å². The van der Waals surface area contributed by atoms with Crippen LogP contribution in [0.15, 0.2) is 77.2 Å². The van der Waals surface area contributed by atoms with Crippen LogP contribution in [-0.2, 0) is 0 Å². The zero-order valence-corrected chi connectivity index (χ0v) is 21.6. The zero-order valence-electron chi connectivity index (χ0n) is 20.8. The molecule has 1 aromatic heterocycles. The highest BCUT2D eigenvalue weighted by atomic mass is 32.1. The molecule has 198 valence electrons. The number of carbonyl (C=O) groups is 2. The summed E-state index contributed by atoms with van der Waals surface area (Å²) < 4.78 is 5.61. The van der Waals surface area contributed by atoms with Crippen molar-refractivity contribution in [3.63, 3.8) is 0 Å². The van der Waals surface area contributed by atoms with Crippen LogP contribution in [0.25, 0.3) is 11.0 Å². The van der Waals surface area contributed by atoms with Gasteiger partial charge in [0.25, 0.3) is 17.5 Å². The molecular weight excluding hydrogens is 518 g/mol. The molecule has 0 radical (unpaired) electrons. The van der Waals surface area contributed by atoms with Gasteiger partial charge < -0.3 is 20.0 Å². The van der Waals surface area contributed by atoms with E-state index in [2.05, 4.69) is 16.0 Å². The molecule has 0 spiro atoms. The molecular formula is C28H25N5O5S. The van der Waals surface area contributed by atoms with Crippen LogP contribution in [0.2, 0.25) is 0 Å². The fourth-order valence-electron chi connectivity index (χ4n) is 4.51. The Morgan fingerprint density at radius 3 is 2.36 bits per heavy atom. The van der Waals surface area contributed by atoms with E-state index in [-0.39, 0.29) is 22.1 Å². The van der Waals surface area contributed by atoms with E-state index in [1.54, 1.807) is 48.5 Å². The van der Waals surface area contributed by atoms with Crippen molar-refractivity contribution in [2.75, 3.05) is 28.6 Å². The highest BCUT2D eigenvalue weighted by Gasteiger charge is 2.23. The Kier molecular flexibility index (Phi) is 7.50. The Morgan fingerprint density at radius 2 is 1.62 bits per heavy atom. The average Bonchev–Trinajstić information content (AvgIpc) is 3.38. The number of nitro groups is 1. The van der Waals surface area contributed by atoms with E-state index in [0.717, 1.165) is 37.7 Å². The first-order chi connectivity index (χ1) is 18.9. The summed E-state index contributed by atoms with van der Waals surface area (Å²) in [7, 11) is 0. The van der Waals surface area contributed by atoms with E-state index in [9.17, 15) is 19.7 Å². The van der Waals surface area contributed by atoms with Crippen LogP contribution in [0.3, 0.4) is 0 Å². The van der Waals surface area contributed by atoms with E-state index in [4.69, 9.17) is 16.6 Å². The van der Waals surface area contributed by atoms with E-state index in [0.29, 0.717) is 22.6 Å². The lowest BCUT2D eigenvalue weighted by Crippen LogP contribution is -2.34. The fraction of sp³-hybridized carbons (Fsp3) is 0.179. The second kappa shape index (κ2) is 11.3. The molecule has 0 bridgehead atoms. The summed E-state index contributed by atoms with van der Waals surface area (Å²) in [5.41, 5.74) is 2.15. The van der Waals surface area contributed by atoms with Gasteiger partial charge in [-0.1, -0.05) is 24.3 Å². The number of piperidine rings is 1. The first kappa shape index (κ1) is 25.9. The van der Waals surface area contributed by atoms with Crippen molar-refractivity contribution in [2.24, 2.45) is 0 Å². The summed E-state index contributed by atoms with van der Waals surface area (Å²) in [5.74, 6) is -0.804. The van der Waals surface area contributed by atoms with Gasteiger partial charge in [-0.25, -0.2) is 0 Å². The van der Waals surface area contributed by atoms with Gasteiger partial charge in [0.15, 0.2) is 10.9 Å². The number of para-hydroxylation sites is 1. The molecule has 39 heavy (non-hydrogen) atoms. The maximum atomic E-state index is 12.8. The molecule has 4 aromatic rings. The van der Waals surface area contributed by atoms with Gasteiger partial charge in [-0.2, -0.15) is 0 Å². The highest BCUT2D eigenvalue weighted by Crippen LogP contribution is 2.31. The van der Waals surface area contributed by atoms with E-state index in [1.807, 2.05) is 23.1 Å². The summed E-state index contributed by atoms with van der Waals surface area (Å²) in [4.78, 5) is 38.7. The lowest BCUT2D eigenvalue weighted by Gasteiger charge is -2.28. The monoisotopic (exact) mass is 543 g/mol. The number of anilines is 3. The third-order valence-corrected chi connectivity index (χ3v) is 6.59. The van der Waals surface area contributed by atoms with Crippen molar-refractivity contribution >= 4 is 62.9 Å². The summed E-state index contributed by atoms with van der Waals surface area (Å²) in [6, 6.07) is 20.2. The fourth-order valence-corrected chi connectivity index (χ4v) is 4.72. The van der Waals surface area contributed by atoms with Crippen LogP contribution in [0, 0.1) is 10.1 Å². The van der Waals surface area contributed by atoms with Gasteiger partial charge in [0.1, 0.15) is 11.3 Å². The first-order valence-electron chi connectivity index (χ1n) is 12.4. The molecule has 2 amide bonds. The molecule has 0 saturated carbocycles. The maximum absolute atomic E-state index is 12.8. The molecule has 5 rings (SSSR count). The summed E-state index contributed by atoms with van der Waals surface area (Å²) in [6.07, 6.45) is 3.06. The van der Waals surface area contributed by atoms with Gasteiger partial charge >= 0.3 is 0 Å². The summed E-state index contributed by atoms with van der Waals surface area (Å²) in [6.45, 7) is 1.50. The van der Waals surface area contributed by atoms with Crippen molar-refractivity contribution in [3.8, 4) is 0 Å². The summed E-state index contributed by atoms with van der Waals surface area (Å²) >= 11 is 5.28. The molecule has 3 aromatic carbocycles. The Morgan fingerprint density at radius 1 is 0.872 bits per heavy atom. The molecule has 10 nitrogen and oxygen atoms in total. The maximum Gasteiger partial charge on any atom is 0.293 e. The Balaban J connectivity index is 1.22. The van der Waals surface area contributed by atoms with Crippen molar-refractivity contribution in [1.82, 2.24) is 5.32 Å². The second-order valence-corrected chi connectivity index (χ2v) is 9.51. The number of amides is 2. The molecule has 0 atom stereocenters. The molecule has 11 heteroatoms. The minimum atomic E-state index is -0.574. The lowest BCUT2D eigenvalue weighted by atomic mass is 10.1. The SMILES string of the molecule is O=C(NC(=S)Nc1cccc(NC(=O)c2cc3ccccc3o2)c1)c1ccc(N2CCCCC2)c([N+](=O)[O-])c1. The van der Waals surface area contributed by atoms with Crippen LogP contribution in [-0.4, -0.2) is 34.9 Å². The number of hydrogen-bond donors (Lipinski definition) is 3. The van der Waals surface area contributed by atoms with E-state index < -0.39 is 16.7 Å². The first-order valence-corrected chi connectivity index (χ1v) is 12.8. The van der Waals surface area contributed by atoms with Gasteiger partial charge in [-0.05, 0) is 73.9 Å². The predicted octanol–water partition coefficient (Wildman–Crippen LogP) is 5.71. The van der Waals surface area contributed by atoms with Gasteiger partial charge in [-0.15, -0.1) is 0 Å². The number of hydrogen-bond acceptors (Lipinski definition) is 7. The third kappa shape index (κ3) is 6.04. The molecule has 1 aliphatic rings. The topological polar surface area (TPSA) is 130 Å². The molecule has 1 fully saturated rings. The molecule has 1 saturated heterocycles. The summed E-state index contributed by atoms with van der Waals surface area (Å²) in [5, 5.41) is 20.8. The molecule has 0 aliphatic carbocycles. The quantitative estimate of drug-likeness (QED) is 0.160. The zero-order chi connectivity index (χ0) is 27.4. The minimum Gasteiger partial charge on any atom is -0.451 e. The molecule has 0 unspecified atom stereocenters. The van der Waals surface area contributed by atoms with Gasteiger partial charge in [0, 0.05) is 41.5 Å². The smallest absolute Gasteiger partial charge is 0.293 e. The van der Waals surface area contributed by atoms with Crippen LogP contribution in [0.4, 0.5) is 22.7 Å². The Labute approximate surface area is 229 Å². The van der Waals surface area contributed by atoms with Crippen molar-refractivity contribution in [1.29, 1.82) is 0 Å². The minimum absolute atomic E-state index is 0.00326. The van der Waals surface area contributed by atoms with Crippen LogP contribution < -0.4 is 20.9 Å². The molecule has 1 aliphatic heterocycles. The average molecular weight is 544 g/mol. The van der Waals surface area contributed by atoms with Crippen LogP contribution in [0.1, 0.15) is 40.2 Å². The van der Waals surface area contributed by atoms with Gasteiger partial charge in [0.2, 0.25) is 0 Å². The Hall–Kier alpha value is -4.77. The Bertz CT molecular complexity index is 1540. The number of rotatable bonds is 6. The van der Waals surface area contributed by atoms with Crippen molar-refractivity contribution < 1.29 is 18.9 Å². The lowest BCUT2D eigenvalue weighted by molar-refractivity contribution is -0.384. The largest absolute Gasteiger partial charge is 0.451 e. The second-order valence-electron chi connectivity index (χ2n) is 9.10. The van der Waals surface area contributed by atoms with Crippen molar-refractivity contribution in [2.45, 2.75) is 19.3 Å². The van der Waals surface area contributed by atoms with E-state index in [1.165, 1.54) is 6.07 Å². The van der Waals surface area contributed by atoms with Crippen LogP contribution >= 0.6 is 12.2 Å². The molecule has 3 N–H and O–H groups in total. The number of fused-ring (bicyclic) bond motifs is 1. The number of furan rings is 1. The van der Waals surface area contributed by atoms with Crippen LogP contribution in [0.5, 0.6) is 0 Å².